The number of methoxy groups -OCH3 is 1. The van der Waals surface area contributed by atoms with Crippen LogP contribution >= 0.6 is 0 Å². The number of hydrogen-bond donors (Lipinski definition) is 1. The molecule has 1 amide bonds. The van der Waals surface area contributed by atoms with E-state index in [9.17, 15) is 27.6 Å². The number of hydrogen-bond acceptors (Lipinski definition) is 6. The molecule has 4 rings (SSSR count). The molecule has 0 radical (unpaired) electrons. The molecular formula is C22H16F3N5O4. The Kier molecular flexibility index (Phi) is 5.88. The molecule has 2 aromatic heterocycles. The number of fused-ring (bicyclic) bond motifs is 1. The van der Waals surface area contributed by atoms with Gasteiger partial charge in [0.2, 0.25) is 5.91 Å². The first-order chi connectivity index (χ1) is 16.2. The third-order valence-electron chi connectivity index (χ3n) is 4.85. The number of nitrogens with one attached hydrogen (secondary N) is 1. The van der Waals surface area contributed by atoms with Crippen molar-refractivity contribution in [2.75, 3.05) is 12.4 Å². The SMILES string of the molecule is COC(=O)c1cccc(NC(=O)Cn2cnc3c(cnn3-c3cccc(C(F)(F)F)c3)c2=O)c1. The Hall–Kier alpha value is -4.48. The molecule has 0 saturated heterocycles. The second kappa shape index (κ2) is 8.81. The van der Waals surface area contributed by atoms with Gasteiger partial charge in [-0.1, -0.05) is 12.1 Å². The zero-order chi connectivity index (χ0) is 24.5. The molecule has 0 bridgehead atoms. The molecule has 2 heterocycles. The highest BCUT2D eigenvalue weighted by molar-refractivity contribution is 5.94. The molecule has 34 heavy (non-hydrogen) atoms. The zero-order valence-electron chi connectivity index (χ0n) is 17.5. The first-order valence-corrected chi connectivity index (χ1v) is 9.76. The van der Waals surface area contributed by atoms with Gasteiger partial charge in [0, 0.05) is 5.69 Å². The number of benzene rings is 2. The van der Waals surface area contributed by atoms with E-state index in [1.165, 1.54) is 37.6 Å². The number of rotatable bonds is 5. The van der Waals surface area contributed by atoms with Gasteiger partial charge in [-0.15, -0.1) is 0 Å². The smallest absolute Gasteiger partial charge is 0.416 e. The van der Waals surface area contributed by atoms with Crippen LogP contribution in [0.4, 0.5) is 18.9 Å². The summed E-state index contributed by atoms with van der Waals surface area (Å²) >= 11 is 0. The summed E-state index contributed by atoms with van der Waals surface area (Å²) in [6, 6.07) is 10.5. The van der Waals surface area contributed by atoms with E-state index in [1.807, 2.05) is 0 Å². The fraction of sp³-hybridized carbons (Fsp3) is 0.136. The highest BCUT2D eigenvalue weighted by Crippen LogP contribution is 2.30. The van der Waals surface area contributed by atoms with Crippen molar-refractivity contribution in [3.63, 3.8) is 0 Å². The van der Waals surface area contributed by atoms with Gasteiger partial charge in [-0.2, -0.15) is 18.3 Å². The lowest BCUT2D eigenvalue weighted by atomic mass is 10.2. The second-order valence-corrected chi connectivity index (χ2v) is 7.14. The average Bonchev–Trinajstić information content (AvgIpc) is 3.25. The largest absolute Gasteiger partial charge is 0.465 e. The van der Waals surface area contributed by atoms with Crippen molar-refractivity contribution < 1.29 is 27.5 Å². The predicted molar refractivity (Wildman–Crippen MR) is 115 cm³/mol. The van der Waals surface area contributed by atoms with Gasteiger partial charge in [0.1, 0.15) is 18.3 Å². The van der Waals surface area contributed by atoms with Crippen LogP contribution in [0.1, 0.15) is 15.9 Å². The number of carbonyl (C=O) groups excluding carboxylic acids is 2. The van der Waals surface area contributed by atoms with Gasteiger partial charge in [0.05, 0.1) is 30.1 Å². The molecule has 0 atom stereocenters. The molecule has 0 unspecified atom stereocenters. The highest BCUT2D eigenvalue weighted by atomic mass is 19.4. The van der Waals surface area contributed by atoms with Crippen molar-refractivity contribution in [3.05, 3.63) is 82.5 Å². The van der Waals surface area contributed by atoms with Crippen molar-refractivity contribution in [2.24, 2.45) is 0 Å². The predicted octanol–water partition coefficient (Wildman–Crippen LogP) is 3.03. The number of nitrogens with zero attached hydrogens (tertiary/aromatic N) is 4. The lowest BCUT2D eigenvalue weighted by molar-refractivity contribution is -0.137. The maximum atomic E-state index is 13.0. The highest BCUT2D eigenvalue weighted by Gasteiger charge is 2.30. The summed E-state index contributed by atoms with van der Waals surface area (Å²) in [4.78, 5) is 41.0. The van der Waals surface area contributed by atoms with Crippen molar-refractivity contribution in [3.8, 4) is 5.69 Å². The summed E-state index contributed by atoms with van der Waals surface area (Å²) in [7, 11) is 1.23. The van der Waals surface area contributed by atoms with E-state index >= 15 is 0 Å². The number of esters is 1. The molecule has 0 spiro atoms. The van der Waals surface area contributed by atoms with Gasteiger partial charge in [-0.25, -0.2) is 14.5 Å². The molecule has 0 fully saturated rings. The van der Waals surface area contributed by atoms with Crippen LogP contribution < -0.4 is 10.9 Å². The third-order valence-corrected chi connectivity index (χ3v) is 4.85. The third kappa shape index (κ3) is 4.51. The van der Waals surface area contributed by atoms with Crippen molar-refractivity contribution in [2.45, 2.75) is 12.7 Å². The minimum absolute atomic E-state index is 0.0281. The summed E-state index contributed by atoms with van der Waals surface area (Å²) in [5.74, 6) is -1.13. The van der Waals surface area contributed by atoms with Gasteiger partial charge in [0.25, 0.3) is 5.56 Å². The number of alkyl halides is 3. The van der Waals surface area contributed by atoms with Crippen molar-refractivity contribution in [1.82, 2.24) is 19.3 Å². The quantitative estimate of drug-likeness (QED) is 0.449. The van der Waals surface area contributed by atoms with E-state index in [1.54, 1.807) is 12.1 Å². The Morgan fingerprint density at radius 3 is 2.62 bits per heavy atom. The molecule has 0 aliphatic rings. The van der Waals surface area contributed by atoms with E-state index in [0.717, 1.165) is 27.7 Å². The zero-order valence-corrected chi connectivity index (χ0v) is 17.5. The molecule has 1 N–H and O–H groups in total. The Morgan fingerprint density at radius 1 is 1.12 bits per heavy atom. The summed E-state index contributed by atoms with van der Waals surface area (Å²) in [5.41, 5.74) is -0.768. The summed E-state index contributed by atoms with van der Waals surface area (Å²) in [6.45, 7) is -0.390. The lowest BCUT2D eigenvalue weighted by Gasteiger charge is -2.10. The van der Waals surface area contributed by atoms with Crippen LogP contribution in [-0.4, -0.2) is 38.3 Å². The Morgan fingerprint density at radius 2 is 1.88 bits per heavy atom. The van der Waals surface area contributed by atoms with Gasteiger partial charge < -0.3 is 10.1 Å². The van der Waals surface area contributed by atoms with Gasteiger partial charge >= 0.3 is 12.1 Å². The van der Waals surface area contributed by atoms with Crippen LogP contribution in [0, 0.1) is 0 Å². The fourth-order valence-corrected chi connectivity index (χ4v) is 3.26. The Labute approximate surface area is 189 Å². The molecule has 4 aromatic rings. The normalized spacial score (nSPS) is 11.4. The summed E-state index contributed by atoms with van der Waals surface area (Å²) in [6.07, 6.45) is -2.25. The van der Waals surface area contributed by atoms with Crippen molar-refractivity contribution >= 4 is 28.6 Å². The molecule has 0 saturated carbocycles. The Balaban J connectivity index is 1.58. The number of ether oxygens (including phenoxy) is 1. The molecule has 174 valence electrons. The van der Waals surface area contributed by atoms with Gasteiger partial charge in [0.15, 0.2) is 5.65 Å². The lowest BCUT2D eigenvalue weighted by Crippen LogP contribution is -2.28. The number of aromatic nitrogens is 4. The van der Waals surface area contributed by atoms with E-state index in [0.29, 0.717) is 5.69 Å². The van der Waals surface area contributed by atoms with Crippen LogP contribution in [0.15, 0.2) is 65.8 Å². The van der Waals surface area contributed by atoms with E-state index in [4.69, 9.17) is 0 Å². The van der Waals surface area contributed by atoms with Crippen LogP contribution in [0.5, 0.6) is 0 Å². The summed E-state index contributed by atoms with van der Waals surface area (Å²) in [5, 5.41) is 6.60. The second-order valence-electron chi connectivity index (χ2n) is 7.14. The summed E-state index contributed by atoms with van der Waals surface area (Å²) < 4.78 is 45.9. The number of carbonyl (C=O) groups is 2. The minimum Gasteiger partial charge on any atom is -0.465 e. The van der Waals surface area contributed by atoms with E-state index in [-0.39, 0.29) is 28.8 Å². The molecule has 2 aromatic carbocycles. The van der Waals surface area contributed by atoms with Crippen LogP contribution in [0.2, 0.25) is 0 Å². The molecular weight excluding hydrogens is 455 g/mol. The van der Waals surface area contributed by atoms with Crippen molar-refractivity contribution in [1.29, 1.82) is 0 Å². The molecule has 0 aliphatic heterocycles. The van der Waals surface area contributed by atoms with E-state index in [2.05, 4.69) is 20.1 Å². The molecule has 9 nitrogen and oxygen atoms in total. The van der Waals surface area contributed by atoms with Crippen LogP contribution in [0.3, 0.4) is 0 Å². The van der Waals surface area contributed by atoms with Crippen LogP contribution in [0.25, 0.3) is 16.7 Å². The van der Waals surface area contributed by atoms with Crippen LogP contribution in [-0.2, 0) is 22.3 Å². The maximum absolute atomic E-state index is 13.0. The maximum Gasteiger partial charge on any atom is 0.416 e. The fourth-order valence-electron chi connectivity index (χ4n) is 3.26. The molecule has 12 heteroatoms. The number of amides is 1. The number of anilines is 1. The molecule has 0 aliphatic carbocycles. The monoisotopic (exact) mass is 471 g/mol. The Bertz CT molecular complexity index is 1460. The first kappa shape index (κ1) is 22.7. The van der Waals surface area contributed by atoms with E-state index < -0.39 is 29.2 Å². The van der Waals surface area contributed by atoms with Gasteiger partial charge in [-0.05, 0) is 36.4 Å². The standard InChI is InChI=1S/C22H16F3N5O4/c1-34-21(33)13-4-2-6-15(8-13)28-18(31)11-29-12-26-19-17(20(29)32)10-27-30(19)16-7-3-5-14(9-16)22(23,24)25/h2-10,12H,11H2,1H3,(H,28,31). The van der Waals surface area contributed by atoms with Gasteiger partial charge in [-0.3, -0.25) is 14.2 Å². The minimum atomic E-state index is -4.54. The topological polar surface area (TPSA) is 108 Å². The number of halogens is 3. The first-order valence-electron chi connectivity index (χ1n) is 9.76. The average molecular weight is 471 g/mol.